The van der Waals surface area contributed by atoms with Gasteiger partial charge in [-0.2, -0.15) is 0 Å². The molecule has 0 aliphatic heterocycles. The summed E-state index contributed by atoms with van der Waals surface area (Å²) < 4.78 is 23.2. The van der Waals surface area contributed by atoms with Gasteiger partial charge in [0.25, 0.3) is 5.91 Å². The molecule has 0 bridgehead atoms. The molecule has 150 valence electrons. The van der Waals surface area contributed by atoms with Crippen molar-refractivity contribution >= 4 is 34.2 Å². The van der Waals surface area contributed by atoms with E-state index in [0.29, 0.717) is 17.7 Å². The number of hydrogen-bond donors (Lipinski definition) is 2. The molecule has 0 spiro atoms. The number of esters is 2. The first kappa shape index (κ1) is 21.5. The highest BCUT2D eigenvalue weighted by molar-refractivity contribution is 7.18. The molecule has 0 aliphatic rings. The highest BCUT2D eigenvalue weighted by atomic mass is 32.1. The fraction of sp³-hybridized carbons (Fsp3) is 0.316. The van der Waals surface area contributed by atoms with Crippen molar-refractivity contribution in [3.8, 4) is 0 Å². The molecule has 0 saturated heterocycles. The summed E-state index contributed by atoms with van der Waals surface area (Å²) in [7, 11) is 4.21. The van der Waals surface area contributed by atoms with Gasteiger partial charge in [0.2, 0.25) is 0 Å². The van der Waals surface area contributed by atoms with Gasteiger partial charge in [-0.25, -0.2) is 14.0 Å². The summed E-state index contributed by atoms with van der Waals surface area (Å²) in [6.07, 6.45) is 0. The molecule has 0 saturated carbocycles. The Bertz CT molecular complexity index is 896. The molecule has 1 atom stereocenters. The van der Waals surface area contributed by atoms with E-state index in [4.69, 9.17) is 9.47 Å². The molecule has 0 aliphatic carbocycles. The van der Waals surface area contributed by atoms with Crippen LogP contribution in [-0.4, -0.2) is 45.7 Å². The van der Waals surface area contributed by atoms with Crippen molar-refractivity contribution in [2.24, 2.45) is 0 Å². The zero-order valence-corrected chi connectivity index (χ0v) is 16.9. The van der Waals surface area contributed by atoms with Gasteiger partial charge >= 0.3 is 11.9 Å². The van der Waals surface area contributed by atoms with E-state index in [2.05, 4.69) is 5.32 Å². The first-order valence-electron chi connectivity index (χ1n) is 8.43. The van der Waals surface area contributed by atoms with Crippen LogP contribution >= 0.6 is 11.3 Å². The number of amides is 1. The Labute approximate surface area is 166 Å². The Morgan fingerprint density at radius 1 is 1.14 bits per heavy atom. The number of likely N-dealkylation sites (N-methyl/N-ethyl adjacent to an activating group) is 1. The van der Waals surface area contributed by atoms with Gasteiger partial charge < -0.3 is 19.7 Å². The molecule has 1 heterocycles. The number of quaternary nitrogens is 1. The fourth-order valence-corrected chi connectivity index (χ4v) is 3.84. The van der Waals surface area contributed by atoms with E-state index in [0.717, 1.165) is 16.2 Å². The summed E-state index contributed by atoms with van der Waals surface area (Å²) in [5.41, 5.74) is 1.00. The Hall–Kier alpha value is -2.78. The van der Waals surface area contributed by atoms with Crippen molar-refractivity contribution < 1.29 is 33.1 Å². The molecule has 1 aromatic carbocycles. The van der Waals surface area contributed by atoms with Crippen molar-refractivity contribution in [1.82, 2.24) is 0 Å². The van der Waals surface area contributed by atoms with Crippen LogP contribution in [0.25, 0.3) is 0 Å². The summed E-state index contributed by atoms with van der Waals surface area (Å²) in [6.45, 7) is 1.94. The van der Waals surface area contributed by atoms with E-state index in [1.807, 2.05) is 0 Å². The monoisotopic (exact) mass is 409 g/mol. The van der Waals surface area contributed by atoms with Crippen molar-refractivity contribution in [3.63, 3.8) is 0 Å². The number of rotatable bonds is 7. The summed E-state index contributed by atoms with van der Waals surface area (Å²) in [4.78, 5) is 37.4. The summed E-state index contributed by atoms with van der Waals surface area (Å²) >= 11 is 0.948. The van der Waals surface area contributed by atoms with Gasteiger partial charge in [0.1, 0.15) is 22.2 Å². The lowest BCUT2D eigenvalue weighted by Gasteiger charge is -2.14. The average molecular weight is 409 g/mol. The van der Waals surface area contributed by atoms with Crippen LogP contribution in [0.2, 0.25) is 0 Å². The zero-order chi connectivity index (χ0) is 20.8. The number of anilines is 1. The lowest BCUT2D eigenvalue weighted by molar-refractivity contribution is -0.885. The van der Waals surface area contributed by atoms with E-state index in [1.54, 1.807) is 32.2 Å². The second kappa shape index (κ2) is 9.43. The maximum atomic E-state index is 13.8. The molecule has 1 aromatic heterocycles. The topological polar surface area (TPSA) is 86.1 Å². The standard InChI is InChI=1S/C19H21FN2O5S/c1-11-15(18(24)26-3)17(28-16(11)19(25)27-4)21-14(23)10-22(2)9-12-7-5-6-8-13(12)20/h5-8H,9-10H2,1-4H3,(H,21,23)/p+1. The zero-order valence-electron chi connectivity index (χ0n) is 16.1. The number of carbonyl (C=O) groups excluding carboxylic acids is 3. The maximum Gasteiger partial charge on any atom is 0.348 e. The van der Waals surface area contributed by atoms with Crippen LogP contribution in [0.1, 0.15) is 31.2 Å². The van der Waals surface area contributed by atoms with E-state index in [1.165, 1.54) is 20.3 Å². The molecule has 1 unspecified atom stereocenters. The van der Waals surface area contributed by atoms with E-state index in [9.17, 15) is 18.8 Å². The fourth-order valence-electron chi connectivity index (χ4n) is 2.71. The largest absolute Gasteiger partial charge is 0.465 e. The number of halogens is 1. The minimum atomic E-state index is -0.661. The number of benzene rings is 1. The SMILES string of the molecule is COC(=O)c1sc(NC(=O)C[NH+](C)Cc2ccccc2F)c(C(=O)OC)c1C. The number of ether oxygens (including phenoxy) is 2. The number of nitrogens with one attached hydrogen (secondary N) is 2. The Morgan fingerprint density at radius 2 is 1.79 bits per heavy atom. The van der Waals surface area contributed by atoms with Gasteiger partial charge in [0.05, 0.1) is 26.8 Å². The van der Waals surface area contributed by atoms with Gasteiger partial charge in [-0.15, -0.1) is 11.3 Å². The van der Waals surface area contributed by atoms with Crippen LogP contribution in [0.4, 0.5) is 9.39 Å². The normalized spacial score (nSPS) is 11.6. The predicted octanol–water partition coefficient (Wildman–Crippen LogP) is 1.42. The van der Waals surface area contributed by atoms with Crippen LogP contribution in [-0.2, 0) is 20.8 Å². The molecular weight excluding hydrogens is 387 g/mol. The Kier molecular flexibility index (Phi) is 7.24. The summed E-state index contributed by atoms with van der Waals surface area (Å²) in [6, 6.07) is 6.37. The molecule has 9 heteroatoms. The molecule has 2 aromatic rings. The molecule has 2 N–H and O–H groups in total. The van der Waals surface area contributed by atoms with E-state index in [-0.39, 0.29) is 33.7 Å². The van der Waals surface area contributed by atoms with Gasteiger partial charge in [-0.1, -0.05) is 18.2 Å². The number of methoxy groups -OCH3 is 2. The van der Waals surface area contributed by atoms with Crippen LogP contribution in [0.5, 0.6) is 0 Å². The Balaban J connectivity index is 2.15. The van der Waals surface area contributed by atoms with Crippen LogP contribution in [0, 0.1) is 12.7 Å². The number of hydrogen-bond acceptors (Lipinski definition) is 6. The van der Waals surface area contributed by atoms with Crippen LogP contribution < -0.4 is 10.2 Å². The molecule has 7 nitrogen and oxygen atoms in total. The number of carbonyl (C=O) groups is 3. The molecular formula is C19H22FN2O5S+. The van der Waals surface area contributed by atoms with Crippen molar-refractivity contribution in [1.29, 1.82) is 0 Å². The van der Waals surface area contributed by atoms with E-state index >= 15 is 0 Å². The average Bonchev–Trinajstić information content (AvgIpc) is 2.98. The molecule has 0 radical (unpaired) electrons. The minimum Gasteiger partial charge on any atom is -0.465 e. The highest BCUT2D eigenvalue weighted by Gasteiger charge is 2.27. The first-order valence-corrected chi connectivity index (χ1v) is 9.24. The van der Waals surface area contributed by atoms with E-state index < -0.39 is 11.9 Å². The summed E-state index contributed by atoms with van der Waals surface area (Å²) in [5, 5.41) is 2.87. The second-order valence-electron chi connectivity index (χ2n) is 6.19. The first-order chi connectivity index (χ1) is 13.3. The summed E-state index contributed by atoms with van der Waals surface area (Å²) in [5.74, 6) is -1.97. The second-order valence-corrected chi connectivity index (χ2v) is 7.21. The lowest BCUT2D eigenvalue weighted by Crippen LogP contribution is -3.08. The van der Waals surface area contributed by atoms with Crippen molar-refractivity contribution in [2.45, 2.75) is 13.5 Å². The third-order valence-corrected chi connectivity index (χ3v) is 5.26. The highest BCUT2D eigenvalue weighted by Crippen LogP contribution is 2.34. The predicted molar refractivity (Wildman–Crippen MR) is 102 cm³/mol. The quantitative estimate of drug-likeness (QED) is 0.676. The molecule has 1 amide bonds. The third-order valence-electron chi connectivity index (χ3n) is 4.07. The third kappa shape index (κ3) is 4.93. The maximum absolute atomic E-state index is 13.8. The smallest absolute Gasteiger partial charge is 0.348 e. The van der Waals surface area contributed by atoms with Crippen molar-refractivity contribution in [2.75, 3.05) is 33.1 Å². The van der Waals surface area contributed by atoms with Gasteiger partial charge in [0, 0.05) is 5.56 Å². The lowest BCUT2D eigenvalue weighted by atomic mass is 10.1. The van der Waals surface area contributed by atoms with Crippen LogP contribution in [0.3, 0.4) is 0 Å². The number of thiophene rings is 1. The van der Waals surface area contributed by atoms with Crippen LogP contribution in [0.15, 0.2) is 24.3 Å². The molecule has 2 rings (SSSR count). The molecule has 28 heavy (non-hydrogen) atoms. The van der Waals surface area contributed by atoms with Gasteiger partial charge in [0.15, 0.2) is 6.54 Å². The minimum absolute atomic E-state index is 0.0411. The van der Waals surface area contributed by atoms with Crippen molar-refractivity contribution in [3.05, 3.63) is 51.7 Å². The van der Waals surface area contributed by atoms with Gasteiger partial charge in [-0.3, -0.25) is 4.79 Å². The Morgan fingerprint density at radius 3 is 2.39 bits per heavy atom. The van der Waals surface area contributed by atoms with Gasteiger partial charge in [-0.05, 0) is 18.6 Å². The molecule has 0 fully saturated rings.